The molecule has 0 spiro atoms. The van der Waals surface area contributed by atoms with Gasteiger partial charge >= 0.3 is 6.03 Å². The minimum atomic E-state index is -0.296. The number of aryl methyl sites for hydroxylation is 1. The van der Waals surface area contributed by atoms with Crippen molar-refractivity contribution in [3.05, 3.63) is 64.9 Å². The zero-order valence-corrected chi connectivity index (χ0v) is 13.7. The SMILES string of the molecule is Cc1nnnn1-c1cccc(NC(=O)NCc2ccc(Cl)cc2)c1. The molecule has 8 heteroatoms. The summed E-state index contributed by atoms with van der Waals surface area (Å²) in [7, 11) is 0. The van der Waals surface area contributed by atoms with Gasteiger partial charge in [-0.15, -0.1) is 5.10 Å². The maximum atomic E-state index is 12.0. The zero-order chi connectivity index (χ0) is 16.9. The third-order valence-corrected chi connectivity index (χ3v) is 3.59. The van der Waals surface area contributed by atoms with Crippen molar-refractivity contribution in [2.45, 2.75) is 13.5 Å². The molecule has 24 heavy (non-hydrogen) atoms. The number of benzene rings is 2. The third-order valence-electron chi connectivity index (χ3n) is 3.34. The average Bonchev–Trinajstić information content (AvgIpc) is 3.01. The number of rotatable bonds is 4. The number of hydrogen-bond acceptors (Lipinski definition) is 4. The molecule has 2 aromatic carbocycles. The molecule has 1 heterocycles. The first-order valence-electron chi connectivity index (χ1n) is 7.26. The minimum Gasteiger partial charge on any atom is -0.334 e. The van der Waals surface area contributed by atoms with Crippen molar-refractivity contribution in [2.24, 2.45) is 0 Å². The van der Waals surface area contributed by atoms with E-state index in [1.54, 1.807) is 35.9 Å². The molecule has 0 saturated heterocycles. The summed E-state index contributed by atoms with van der Waals surface area (Å²) < 4.78 is 1.59. The van der Waals surface area contributed by atoms with Crippen LogP contribution in [0.4, 0.5) is 10.5 Å². The molecule has 0 atom stereocenters. The molecule has 0 saturated carbocycles. The molecule has 0 bridgehead atoms. The normalized spacial score (nSPS) is 10.4. The van der Waals surface area contributed by atoms with E-state index in [9.17, 15) is 4.79 Å². The van der Waals surface area contributed by atoms with Crippen molar-refractivity contribution in [3.63, 3.8) is 0 Å². The molecule has 3 rings (SSSR count). The molecule has 7 nitrogen and oxygen atoms in total. The van der Waals surface area contributed by atoms with E-state index in [1.807, 2.05) is 24.3 Å². The van der Waals surface area contributed by atoms with Crippen LogP contribution in [0.25, 0.3) is 5.69 Å². The fourth-order valence-corrected chi connectivity index (χ4v) is 2.27. The van der Waals surface area contributed by atoms with E-state index >= 15 is 0 Å². The molecular formula is C16H15ClN6O. The van der Waals surface area contributed by atoms with Crippen LogP contribution in [0.3, 0.4) is 0 Å². The Morgan fingerprint density at radius 1 is 1.21 bits per heavy atom. The van der Waals surface area contributed by atoms with Crippen LogP contribution in [-0.4, -0.2) is 26.2 Å². The Balaban J connectivity index is 1.62. The smallest absolute Gasteiger partial charge is 0.319 e. The Bertz CT molecular complexity index is 846. The van der Waals surface area contributed by atoms with Gasteiger partial charge in [-0.05, 0) is 53.2 Å². The molecule has 2 N–H and O–H groups in total. The van der Waals surface area contributed by atoms with Crippen molar-refractivity contribution >= 4 is 23.3 Å². The second kappa shape index (κ2) is 7.10. The van der Waals surface area contributed by atoms with Crippen molar-refractivity contribution < 1.29 is 4.79 Å². The van der Waals surface area contributed by atoms with Crippen LogP contribution in [0.15, 0.2) is 48.5 Å². The Labute approximate surface area is 143 Å². The van der Waals surface area contributed by atoms with E-state index < -0.39 is 0 Å². The van der Waals surface area contributed by atoms with E-state index in [1.165, 1.54) is 0 Å². The topological polar surface area (TPSA) is 84.7 Å². The molecule has 0 aliphatic carbocycles. The van der Waals surface area contributed by atoms with Gasteiger partial charge in [-0.3, -0.25) is 0 Å². The number of carbonyl (C=O) groups excluding carboxylic acids is 1. The number of halogens is 1. The van der Waals surface area contributed by atoms with Gasteiger partial charge in [0.05, 0.1) is 5.69 Å². The number of hydrogen-bond donors (Lipinski definition) is 2. The fourth-order valence-electron chi connectivity index (χ4n) is 2.15. The molecule has 3 aromatic rings. The van der Waals surface area contributed by atoms with E-state index in [2.05, 4.69) is 26.2 Å². The number of urea groups is 1. The van der Waals surface area contributed by atoms with Crippen LogP contribution in [-0.2, 0) is 6.54 Å². The van der Waals surface area contributed by atoms with Gasteiger partial charge in [-0.25, -0.2) is 4.79 Å². The lowest BCUT2D eigenvalue weighted by Crippen LogP contribution is -2.28. The highest BCUT2D eigenvalue weighted by molar-refractivity contribution is 6.30. The molecule has 0 aliphatic rings. The van der Waals surface area contributed by atoms with Gasteiger partial charge in [0, 0.05) is 17.3 Å². The maximum Gasteiger partial charge on any atom is 0.319 e. The van der Waals surface area contributed by atoms with Gasteiger partial charge in [0.25, 0.3) is 0 Å². The highest BCUT2D eigenvalue weighted by Gasteiger charge is 2.06. The lowest BCUT2D eigenvalue weighted by Gasteiger charge is -2.09. The van der Waals surface area contributed by atoms with E-state index in [0.29, 0.717) is 23.1 Å². The van der Waals surface area contributed by atoms with Crippen LogP contribution >= 0.6 is 11.6 Å². The van der Waals surface area contributed by atoms with Gasteiger partial charge in [0.2, 0.25) is 0 Å². The van der Waals surface area contributed by atoms with Crippen molar-refractivity contribution in [2.75, 3.05) is 5.32 Å². The van der Waals surface area contributed by atoms with Crippen molar-refractivity contribution in [1.82, 2.24) is 25.5 Å². The summed E-state index contributed by atoms with van der Waals surface area (Å²) in [6.45, 7) is 2.22. The molecule has 0 aliphatic heterocycles. The Morgan fingerprint density at radius 3 is 2.71 bits per heavy atom. The number of amides is 2. The van der Waals surface area contributed by atoms with Crippen LogP contribution in [0.1, 0.15) is 11.4 Å². The first-order valence-corrected chi connectivity index (χ1v) is 7.64. The van der Waals surface area contributed by atoms with Gasteiger partial charge in [0.15, 0.2) is 5.82 Å². The number of nitrogens with zero attached hydrogens (tertiary/aromatic N) is 4. The zero-order valence-electron chi connectivity index (χ0n) is 12.9. The van der Waals surface area contributed by atoms with E-state index in [-0.39, 0.29) is 6.03 Å². The van der Waals surface area contributed by atoms with Crippen LogP contribution in [0.2, 0.25) is 5.02 Å². The second-order valence-corrected chi connectivity index (χ2v) is 5.56. The standard InChI is InChI=1S/C16H15ClN6O/c1-11-20-21-22-23(11)15-4-2-3-14(9-15)19-16(24)18-10-12-5-7-13(17)8-6-12/h2-9H,10H2,1H3,(H2,18,19,24). The number of tetrazole rings is 1. The average molecular weight is 343 g/mol. The third kappa shape index (κ3) is 3.88. The van der Waals surface area contributed by atoms with Crippen LogP contribution in [0, 0.1) is 6.92 Å². The van der Waals surface area contributed by atoms with Gasteiger partial charge in [-0.2, -0.15) is 4.68 Å². The predicted molar refractivity (Wildman–Crippen MR) is 91.2 cm³/mol. The molecule has 1 aromatic heterocycles. The lowest BCUT2D eigenvalue weighted by molar-refractivity contribution is 0.251. The monoisotopic (exact) mass is 342 g/mol. The first kappa shape index (κ1) is 15.9. The summed E-state index contributed by atoms with van der Waals surface area (Å²) in [5.41, 5.74) is 2.39. The van der Waals surface area contributed by atoms with Crippen molar-refractivity contribution in [1.29, 1.82) is 0 Å². The highest BCUT2D eigenvalue weighted by atomic mass is 35.5. The summed E-state index contributed by atoms with van der Waals surface area (Å²) in [4.78, 5) is 12.0. The van der Waals surface area contributed by atoms with Gasteiger partial charge in [-0.1, -0.05) is 29.8 Å². The quantitative estimate of drug-likeness (QED) is 0.763. The fraction of sp³-hybridized carbons (Fsp3) is 0.125. The Kier molecular flexibility index (Phi) is 4.72. The number of anilines is 1. The van der Waals surface area contributed by atoms with Gasteiger partial charge in [0.1, 0.15) is 0 Å². The molecule has 0 fully saturated rings. The molecule has 0 radical (unpaired) electrons. The minimum absolute atomic E-state index is 0.296. The lowest BCUT2D eigenvalue weighted by atomic mass is 10.2. The molecule has 0 unspecified atom stereocenters. The van der Waals surface area contributed by atoms with E-state index in [4.69, 9.17) is 11.6 Å². The largest absolute Gasteiger partial charge is 0.334 e. The number of nitrogens with one attached hydrogen (secondary N) is 2. The summed E-state index contributed by atoms with van der Waals surface area (Å²) in [5.74, 6) is 0.666. The summed E-state index contributed by atoms with van der Waals surface area (Å²) in [5, 5.41) is 17.6. The van der Waals surface area contributed by atoms with E-state index in [0.717, 1.165) is 11.3 Å². The molecule has 2 amide bonds. The Hall–Kier alpha value is -2.93. The summed E-state index contributed by atoms with van der Waals surface area (Å²) in [6, 6.07) is 14.3. The second-order valence-electron chi connectivity index (χ2n) is 5.12. The molecule has 122 valence electrons. The predicted octanol–water partition coefficient (Wildman–Crippen LogP) is 2.95. The maximum absolute atomic E-state index is 12.0. The molecular weight excluding hydrogens is 328 g/mol. The Morgan fingerprint density at radius 2 is 2.00 bits per heavy atom. The van der Waals surface area contributed by atoms with Crippen molar-refractivity contribution in [3.8, 4) is 5.69 Å². The first-order chi connectivity index (χ1) is 11.6. The van der Waals surface area contributed by atoms with Gasteiger partial charge < -0.3 is 10.6 Å². The number of carbonyl (C=O) groups is 1. The van der Waals surface area contributed by atoms with Crippen LogP contribution < -0.4 is 10.6 Å². The van der Waals surface area contributed by atoms with Crippen LogP contribution in [0.5, 0.6) is 0 Å². The highest BCUT2D eigenvalue weighted by Crippen LogP contribution is 2.14. The number of aromatic nitrogens is 4. The summed E-state index contributed by atoms with van der Waals surface area (Å²) in [6.07, 6.45) is 0. The summed E-state index contributed by atoms with van der Waals surface area (Å²) >= 11 is 5.83.